The van der Waals surface area contributed by atoms with E-state index in [2.05, 4.69) is 0 Å². The molecule has 1 N–H and O–H groups in total. The van der Waals surface area contributed by atoms with Gasteiger partial charge in [-0.05, 0) is 46.8 Å². The van der Waals surface area contributed by atoms with Gasteiger partial charge in [0.2, 0.25) is 0 Å². The second kappa shape index (κ2) is 7.94. The summed E-state index contributed by atoms with van der Waals surface area (Å²) in [4.78, 5) is 25.6. The van der Waals surface area contributed by atoms with E-state index in [9.17, 15) is 19.1 Å². The third kappa shape index (κ3) is 3.58. The number of carboxylic acid groups (broad SMARTS) is 1. The van der Waals surface area contributed by atoms with Crippen LogP contribution < -0.4 is 5.56 Å². The first-order valence-electron chi connectivity index (χ1n) is 8.95. The van der Waals surface area contributed by atoms with Crippen molar-refractivity contribution in [2.24, 2.45) is 0 Å². The van der Waals surface area contributed by atoms with E-state index in [1.165, 1.54) is 22.8 Å². The normalized spacial score (nSPS) is 11.0. The number of hydrogen-bond acceptors (Lipinski definition) is 2. The summed E-state index contributed by atoms with van der Waals surface area (Å²) in [6, 6.07) is 17.6. The van der Waals surface area contributed by atoms with Crippen molar-refractivity contribution >= 4 is 39.9 Å². The highest BCUT2D eigenvalue weighted by Crippen LogP contribution is 2.34. The van der Waals surface area contributed by atoms with Gasteiger partial charge in [0.25, 0.3) is 5.56 Å². The molecule has 0 aliphatic heterocycles. The van der Waals surface area contributed by atoms with Crippen molar-refractivity contribution in [1.29, 1.82) is 0 Å². The third-order valence-electron chi connectivity index (χ3n) is 4.83. The highest BCUT2D eigenvalue weighted by molar-refractivity contribution is 6.32. The van der Waals surface area contributed by atoms with Crippen LogP contribution >= 0.6 is 23.2 Å². The molecule has 4 rings (SSSR count). The van der Waals surface area contributed by atoms with Crippen LogP contribution in [-0.2, 0) is 6.54 Å². The summed E-state index contributed by atoms with van der Waals surface area (Å²) in [5, 5.41) is 10.9. The molecule has 0 saturated heterocycles. The monoisotopic (exact) mass is 441 g/mol. The maximum absolute atomic E-state index is 13.8. The van der Waals surface area contributed by atoms with Gasteiger partial charge in [-0.3, -0.25) is 9.36 Å². The van der Waals surface area contributed by atoms with Gasteiger partial charge in [-0.1, -0.05) is 59.6 Å². The number of nitrogens with zero attached hydrogens (tertiary/aromatic N) is 1. The molecule has 3 aromatic carbocycles. The van der Waals surface area contributed by atoms with Gasteiger partial charge in [-0.25, -0.2) is 9.18 Å². The standard InChI is InChI=1S/C23H14Cl2FNO3/c24-15-7-8-16-17(11-15)20(14-6-9-19(26)18(25)10-14)21(23(29)30)27(22(16)28)12-13-4-2-1-3-5-13/h1-11H,12H2,(H,29,30). The Bertz CT molecular complexity index is 1350. The molecule has 1 aromatic heterocycles. The number of rotatable bonds is 4. The largest absolute Gasteiger partial charge is 0.477 e. The summed E-state index contributed by atoms with van der Waals surface area (Å²) in [5.74, 6) is -1.92. The summed E-state index contributed by atoms with van der Waals surface area (Å²) >= 11 is 12.1. The van der Waals surface area contributed by atoms with Crippen LogP contribution in [0.4, 0.5) is 4.39 Å². The van der Waals surface area contributed by atoms with Crippen molar-refractivity contribution < 1.29 is 14.3 Å². The number of aromatic carboxylic acids is 1. The molecule has 4 aromatic rings. The number of pyridine rings is 1. The Morgan fingerprint density at radius 2 is 1.70 bits per heavy atom. The van der Waals surface area contributed by atoms with E-state index in [0.29, 0.717) is 21.4 Å². The molecule has 0 unspecified atom stereocenters. The van der Waals surface area contributed by atoms with Crippen molar-refractivity contribution in [2.45, 2.75) is 6.54 Å². The van der Waals surface area contributed by atoms with E-state index < -0.39 is 17.3 Å². The number of carboxylic acids is 1. The lowest BCUT2D eigenvalue weighted by atomic mass is 9.96. The first-order chi connectivity index (χ1) is 14.4. The molecule has 0 fully saturated rings. The average Bonchev–Trinajstić information content (AvgIpc) is 2.72. The fraction of sp³-hybridized carbons (Fsp3) is 0.0435. The quantitative estimate of drug-likeness (QED) is 0.431. The maximum atomic E-state index is 13.8. The van der Waals surface area contributed by atoms with E-state index in [1.54, 1.807) is 24.3 Å². The van der Waals surface area contributed by atoms with E-state index in [1.807, 2.05) is 18.2 Å². The van der Waals surface area contributed by atoms with Gasteiger partial charge in [-0.15, -0.1) is 0 Å². The van der Waals surface area contributed by atoms with E-state index in [4.69, 9.17) is 23.2 Å². The molecule has 0 amide bonds. The van der Waals surface area contributed by atoms with Gasteiger partial charge in [0, 0.05) is 16.0 Å². The van der Waals surface area contributed by atoms with Crippen molar-refractivity contribution in [3.05, 3.63) is 104 Å². The van der Waals surface area contributed by atoms with Crippen LogP contribution in [0, 0.1) is 5.82 Å². The first-order valence-corrected chi connectivity index (χ1v) is 9.71. The van der Waals surface area contributed by atoms with E-state index in [-0.39, 0.29) is 22.8 Å². The number of aromatic nitrogens is 1. The lowest BCUT2D eigenvalue weighted by Gasteiger charge is -2.18. The molecule has 0 radical (unpaired) electrons. The molecule has 0 atom stereocenters. The Kier molecular flexibility index (Phi) is 5.33. The zero-order valence-corrected chi connectivity index (χ0v) is 16.9. The van der Waals surface area contributed by atoms with Crippen LogP contribution in [0.15, 0.2) is 71.5 Å². The average molecular weight is 442 g/mol. The lowest BCUT2D eigenvalue weighted by Crippen LogP contribution is -2.28. The molecule has 30 heavy (non-hydrogen) atoms. The Balaban J connectivity index is 2.14. The smallest absolute Gasteiger partial charge is 0.353 e. The van der Waals surface area contributed by atoms with Crippen molar-refractivity contribution in [3.63, 3.8) is 0 Å². The van der Waals surface area contributed by atoms with Crippen LogP contribution in [0.3, 0.4) is 0 Å². The molecule has 0 aliphatic carbocycles. The Labute approximate surface area is 180 Å². The van der Waals surface area contributed by atoms with Crippen LogP contribution in [0.2, 0.25) is 10.0 Å². The van der Waals surface area contributed by atoms with Gasteiger partial charge in [0.1, 0.15) is 11.5 Å². The summed E-state index contributed by atoms with van der Waals surface area (Å²) in [6.07, 6.45) is 0. The summed E-state index contributed by atoms with van der Waals surface area (Å²) in [6.45, 7) is 0.0573. The molecule has 1 heterocycles. The second-order valence-corrected chi connectivity index (χ2v) is 7.57. The molecule has 0 saturated carbocycles. The van der Waals surface area contributed by atoms with Gasteiger partial charge in [-0.2, -0.15) is 0 Å². The number of fused-ring (bicyclic) bond motifs is 1. The van der Waals surface area contributed by atoms with Crippen LogP contribution in [0.25, 0.3) is 21.9 Å². The Morgan fingerprint density at radius 3 is 2.37 bits per heavy atom. The minimum absolute atomic E-state index is 0.0573. The van der Waals surface area contributed by atoms with Crippen molar-refractivity contribution in [3.8, 4) is 11.1 Å². The molecular weight excluding hydrogens is 428 g/mol. The third-order valence-corrected chi connectivity index (χ3v) is 5.35. The molecule has 4 nitrogen and oxygen atoms in total. The maximum Gasteiger partial charge on any atom is 0.353 e. The molecule has 0 aliphatic rings. The molecular formula is C23H14Cl2FNO3. The predicted octanol–water partition coefficient (Wildman–Crippen LogP) is 5.86. The summed E-state index contributed by atoms with van der Waals surface area (Å²) < 4.78 is 15.0. The summed E-state index contributed by atoms with van der Waals surface area (Å²) in [7, 11) is 0. The summed E-state index contributed by atoms with van der Waals surface area (Å²) in [5.41, 5.74) is 0.699. The highest BCUT2D eigenvalue weighted by atomic mass is 35.5. The fourth-order valence-electron chi connectivity index (χ4n) is 3.50. The number of carbonyl (C=O) groups is 1. The molecule has 7 heteroatoms. The Hall–Kier alpha value is -3.15. The van der Waals surface area contributed by atoms with Gasteiger partial charge in [0.15, 0.2) is 0 Å². The minimum atomic E-state index is -1.29. The zero-order valence-electron chi connectivity index (χ0n) is 15.4. The topological polar surface area (TPSA) is 59.3 Å². The van der Waals surface area contributed by atoms with Crippen molar-refractivity contribution in [1.82, 2.24) is 4.57 Å². The second-order valence-electron chi connectivity index (χ2n) is 6.72. The van der Waals surface area contributed by atoms with E-state index >= 15 is 0 Å². The zero-order chi connectivity index (χ0) is 21.4. The van der Waals surface area contributed by atoms with Gasteiger partial charge in [0.05, 0.1) is 11.6 Å². The first kappa shape index (κ1) is 20.1. The predicted molar refractivity (Wildman–Crippen MR) is 116 cm³/mol. The van der Waals surface area contributed by atoms with Gasteiger partial charge < -0.3 is 5.11 Å². The van der Waals surface area contributed by atoms with Crippen LogP contribution in [-0.4, -0.2) is 15.6 Å². The SMILES string of the molecule is O=C(O)c1c(-c2ccc(F)c(Cl)c2)c2cc(Cl)ccc2c(=O)n1Cc1ccccc1. The van der Waals surface area contributed by atoms with Crippen LogP contribution in [0.1, 0.15) is 16.1 Å². The van der Waals surface area contributed by atoms with Gasteiger partial charge >= 0.3 is 5.97 Å². The van der Waals surface area contributed by atoms with Crippen molar-refractivity contribution in [2.75, 3.05) is 0 Å². The van der Waals surface area contributed by atoms with E-state index in [0.717, 1.165) is 11.6 Å². The molecule has 150 valence electrons. The molecule has 0 spiro atoms. The minimum Gasteiger partial charge on any atom is -0.477 e. The number of halogens is 3. The lowest BCUT2D eigenvalue weighted by molar-refractivity contribution is 0.0685. The van der Waals surface area contributed by atoms with Crippen LogP contribution in [0.5, 0.6) is 0 Å². The number of benzene rings is 3. The number of hydrogen-bond donors (Lipinski definition) is 1. The fourth-order valence-corrected chi connectivity index (χ4v) is 3.86. The highest BCUT2D eigenvalue weighted by Gasteiger charge is 2.24. The molecule has 0 bridgehead atoms. The Morgan fingerprint density at radius 1 is 0.967 bits per heavy atom.